The van der Waals surface area contributed by atoms with Gasteiger partial charge in [0.1, 0.15) is 4.88 Å². The molecule has 0 unspecified atom stereocenters. The molecule has 24 heavy (non-hydrogen) atoms. The highest BCUT2D eigenvalue weighted by atomic mass is 32.1. The lowest BCUT2D eigenvalue weighted by Crippen LogP contribution is -2.21. The van der Waals surface area contributed by atoms with Crippen LogP contribution in [-0.4, -0.2) is 30.2 Å². The number of nitrogens with zero attached hydrogens (tertiary/aromatic N) is 3. The van der Waals surface area contributed by atoms with Gasteiger partial charge >= 0.3 is 0 Å². The molecule has 0 bridgehead atoms. The standard InChI is InChI=1S/C17H23N5OS/c1-4-14-15(24-17(18)20-14)16(23)21-19-11-12-7-9-13(10-8-12)22(5-2)6-3/h7-11H,4-6H2,1-3H3,(H2,18,20)(H,21,23). The lowest BCUT2D eigenvalue weighted by Gasteiger charge is -2.20. The number of aryl methyl sites for hydroxylation is 1. The number of hydrogen-bond acceptors (Lipinski definition) is 6. The minimum atomic E-state index is -0.280. The van der Waals surface area contributed by atoms with E-state index >= 15 is 0 Å². The van der Waals surface area contributed by atoms with E-state index in [1.54, 1.807) is 6.21 Å². The second kappa shape index (κ2) is 8.44. The number of nitrogen functional groups attached to an aromatic ring is 1. The zero-order chi connectivity index (χ0) is 17.5. The van der Waals surface area contributed by atoms with Gasteiger partial charge in [-0.25, -0.2) is 10.4 Å². The minimum absolute atomic E-state index is 0.280. The second-order valence-electron chi connectivity index (χ2n) is 5.14. The molecule has 0 saturated carbocycles. The molecule has 1 amide bonds. The summed E-state index contributed by atoms with van der Waals surface area (Å²) >= 11 is 1.18. The molecule has 7 heteroatoms. The number of hydrogen-bond donors (Lipinski definition) is 2. The number of rotatable bonds is 7. The maximum atomic E-state index is 12.1. The fraction of sp³-hybridized carbons (Fsp3) is 0.353. The summed E-state index contributed by atoms with van der Waals surface area (Å²) in [5.41, 5.74) is 11.0. The Kier molecular flexibility index (Phi) is 6.31. The maximum Gasteiger partial charge on any atom is 0.283 e. The van der Waals surface area contributed by atoms with Crippen LogP contribution in [0.1, 0.15) is 41.7 Å². The highest BCUT2D eigenvalue weighted by molar-refractivity contribution is 7.17. The van der Waals surface area contributed by atoms with Crippen LogP contribution >= 0.6 is 11.3 Å². The average Bonchev–Trinajstić information content (AvgIpc) is 2.98. The van der Waals surface area contributed by atoms with Crippen molar-refractivity contribution < 1.29 is 4.79 Å². The normalized spacial score (nSPS) is 11.0. The van der Waals surface area contributed by atoms with Crippen LogP contribution in [0.5, 0.6) is 0 Å². The van der Waals surface area contributed by atoms with Crippen LogP contribution in [0, 0.1) is 0 Å². The van der Waals surface area contributed by atoms with E-state index in [0.717, 1.165) is 18.7 Å². The summed E-state index contributed by atoms with van der Waals surface area (Å²) in [6, 6.07) is 8.06. The van der Waals surface area contributed by atoms with Crippen molar-refractivity contribution in [1.29, 1.82) is 0 Å². The van der Waals surface area contributed by atoms with Crippen molar-refractivity contribution in [3.05, 3.63) is 40.4 Å². The summed E-state index contributed by atoms with van der Waals surface area (Å²) in [6.07, 6.45) is 2.28. The molecule has 0 radical (unpaired) electrons. The summed E-state index contributed by atoms with van der Waals surface area (Å²) in [5, 5.41) is 4.41. The highest BCUT2D eigenvalue weighted by Gasteiger charge is 2.15. The fourth-order valence-corrected chi connectivity index (χ4v) is 3.17. The molecule has 2 aromatic rings. The lowest BCUT2D eigenvalue weighted by molar-refractivity contribution is 0.0958. The number of hydrazone groups is 1. The van der Waals surface area contributed by atoms with Crippen molar-refractivity contribution >= 4 is 34.3 Å². The zero-order valence-electron chi connectivity index (χ0n) is 14.2. The molecule has 1 aromatic carbocycles. The Hall–Kier alpha value is -2.41. The first-order valence-corrected chi connectivity index (χ1v) is 8.84. The number of anilines is 2. The number of nitrogens with two attached hydrogens (primary N) is 1. The molecule has 0 aliphatic carbocycles. The molecule has 3 N–H and O–H groups in total. The topological polar surface area (TPSA) is 83.6 Å². The number of carbonyl (C=O) groups excluding carboxylic acids is 1. The molecular formula is C17H23N5OS. The van der Waals surface area contributed by atoms with Gasteiger partial charge in [0, 0.05) is 18.8 Å². The summed E-state index contributed by atoms with van der Waals surface area (Å²) in [7, 11) is 0. The zero-order valence-corrected chi connectivity index (χ0v) is 15.1. The Bertz CT molecular complexity index is 704. The lowest BCUT2D eigenvalue weighted by atomic mass is 10.2. The van der Waals surface area contributed by atoms with Crippen molar-refractivity contribution in [2.24, 2.45) is 5.10 Å². The second-order valence-corrected chi connectivity index (χ2v) is 6.18. The molecule has 128 valence electrons. The molecule has 0 fully saturated rings. The van der Waals surface area contributed by atoms with Gasteiger partial charge in [-0.15, -0.1) is 0 Å². The Balaban J connectivity index is 1.99. The van der Waals surface area contributed by atoms with E-state index in [4.69, 9.17) is 5.73 Å². The van der Waals surface area contributed by atoms with Crippen LogP contribution in [0.15, 0.2) is 29.4 Å². The monoisotopic (exact) mass is 345 g/mol. The predicted molar refractivity (Wildman–Crippen MR) is 101 cm³/mol. The van der Waals surface area contributed by atoms with E-state index in [1.807, 2.05) is 19.1 Å². The van der Waals surface area contributed by atoms with E-state index in [0.29, 0.717) is 22.1 Å². The van der Waals surface area contributed by atoms with Gasteiger partial charge in [0.25, 0.3) is 5.91 Å². The third-order valence-corrected chi connectivity index (χ3v) is 4.58. The molecule has 1 heterocycles. The molecule has 0 saturated heterocycles. The third kappa shape index (κ3) is 4.32. The maximum absolute atomic E-state index is 12.1. The average molecular weight is 345 g/mol. The SMILES string of the molecule is CCc1nc(N)sc1C(=O)NN=Cc1ccc(N(CC)CC)cc1. The van der Waals surface area contributed by atoms with Crippen LogP contribution in [0.25, 0.3) is 0 Å². The van der Waals surface area contributed by atoms with Crippen molar-refractivity contribution in [3.63, 3.8) is 0 Å². The van der Waals surface area contributed by atoms with Crippen LogP contribution in [0.4, 0.5) is 10.8 Å². The van der Waals surface area contributed by atoms with Gasteiger partial charge in [-0.1, -0.05) is 30.4 Å². The van der Waals surface area contributed by atoms with Crippen molar-refractivity contribution in [2.75, 3.05) is 23.7 Å². The first-order valence-electron chi connectivity index (χ1n) is 8.02. The summed E-state index contributed by atoms with van der Waals surface area (Å²) < 4.78 is 0. The van der Waals surface area contributed by atoms with Crippen LogP contribution in [0.2, 0.25) is 0 Å². The third-order valence-electron chi connectivity index (χ3n) is 3.66. The molecule has 6 nitrogen and oxygen atoms in total. The summed E-state index contributed by atoms with van der Waals surface area (Å²) in [6.45, 7) is 8.14. The van der Waals surface area contributed by atoms with Crippen molar-refractivity contribution in [3.8, 4) is 0 Å². The Morgan fingerprint density at radius 2 is 1.96 bits per heavy atom. The van der Waals surface area contributed by atoms with E-state index in [-0.39, 0.29) is 5.91 Å². The number of benzene rings is 1. The first-order chi connectivity index (χ1) is 11.6. The highest BCUT2D eigenvalue weighted by Crippen LogP contribution is 2.20. The molecule has 0 spiro atoms. The molecule has 0 aliphatic heterocycles. The quantitative estimate of drug-likeness (QED) is 0.597. The first kappa shape index (κ1) is 17.9. The van der Waals surface area contributed by atoms with Crippen LogP contribution in [0.3, 0.4) is 0 Å². The van der Waals surface area contributed by atoms with E-state index in [2.05, 4.69) is 46.4 Å². The van der Waals surface area contributed by atoms with Crippen molar-refractivity contribution in [2.45, 2.75) is 27.2 Å². The van der Waals surface area contributed by atoms with E-state index in [1.165, 1.54) is 17.0 Å². The molecule has 1 aromatic heterocycles. The van der Waals surface area contributed by atoms with Gasteiger partial charge in [0.15, 0.2) is 5.13 Å². The molecule has 0 atom stereocenters. The van der Waals surface area contributed by atoms with Gasteiger partial charge < -0.3 is 10.6 Å². The molecule has 2 rings (SSSR count). The Labute approximate surface area is 146 Å². The van der Waals surface area contributed by atoms with Gasteiger partial charge in [0.2, 0.25) is 0 Å². The Morgan fingerprint density at radius 3 is 2.54 bits per heavy atom. The predicted octanol–water partition coefficient (Wildman–Crippen LogP) is 2.90. The number of thiazole rings is 1. The van der Waals surface area contributed by atoms with Gasteiger partial charge in [-0.2, -0.15) is 5.10 Å². The smallest absolute Gasteiger partial charge is 0.283 e. The number of nitrogens with one attached hydrogen (secondary N) is 1. The van der Waals surface area contributed by atoms with E-state index < -0.39 is 0 Å². The van der Waals surface area contributed by atoms with Crippen molar-refractivity contribution in [1.82, 2.24) is 10.4 Å². The minimum Gasteiger partial charge on any atom is -0.375 e. The Morgan fingerprint density at radius 1 is 1.29 bits per heavy atom. The number of carbonyl (C=O) groups is 1. The van der Waals surface area contributed by atoms with E-state index in [9.17, 15) is 4.79 Å². The number of aromatic nitrogens is 1. The van der Waals surface area contributed by atoms with Crippen LogP contribution in [-0.2, 0) is 6.42 Å². The van der Waals surface area contributed by atoms with Gasteiger partial charge in [-0.3, -0.25) is 4.79 Å². The summed E-state index contributed by atoms with van der Waals surface area (Å²) in [5.74, 6) is -0.280. The van der Waals surface area contributed by atoms with Crippen LogP contribution < -0.4 is 16.1 Å². The fourth-order valence-electron chi connectivity index (χ4n) is 2.36. The van der Waals surface area contributed by atoms with Gasteiger partial charge in [0.05, 0.1) is 11.9 Å². The molecule has 0 aliphatic rings. The molecular weight excluding hydrogens is 322 g/mol. The van der Waals surface area contributed by atoms with Gasteiger partial charge in [-0.05, 0) is 38.0 Å². The number of amides is 1. The summed E-state index contributed by atoms with van der Waals surface area (Å²) in [4.78, 5) is 19.1. The largest absolute Gasteiger partial charge is 0.375 e.